The van der Waals surface area contributed by atoms with Gasteiger partial charge in [0.2, 0.25) is 11.8 Å². The fourth-order valence-electron chi connectivity index (χ4n) is 1.73. The predicted octanol–water partition coefficient (Wildman–Crippen LogP) is 2.18. The molecule has 1 saturated heterocycles. The van der Waals surface area contributed by atoms with Crippen LogP contribution < -0.4 is 0 Å². The van der Waals surface area contributed by atoms with Gasteiger partial charge in [-0.25, -0.2) is 0 Å². The van der Waals surface area contributed by atoms with Gasteiger partial charge in [-0.1, -0.05) is 5.16 Å². The van der Waals surface area contributed by atoms with Crippen molar-refractivity contribution in [3.05, 3.63) is 0 Å². The maximum atomic E-state index is 12.3. The largest absolute Gasteiger partial charge is 0.411 e. The van der Waals surface area contributed by atoms with Crippen LogP contribution >= 0.6 is 0 Å². The predicted molar refractivity (Wildman–Crippen MR) is 50.6 cm³/mol. The summed E-state index contributed by atoms with van der Waals surface area (Å²) in [5.74, 6) is -6.02. The van der Waals surface area contributed by atoms with Gasteiger partial charge in [0.1, 0.15) is 0 Å². The van der Waals surface area contributed by atoms with E-state index in [1.54, 1.807) is 0 Å². The highest BCUT2D eigenvalue weighted by atomic mass is 19.4. The first kappa shape index (κ1) is 15.6. The first-order valence-corrected chi connectivity index (χ1v) is 5.19. The van der Waals surface area contributed by atoms with Gasteiger partial charge < -0.3 is 10.1 Å². The number of piperidine rings is 1. The fourth-order valence-corrected chi connectivity index (χ4v) is 1.73. The van der Waals surface area contributed by atoms with Gasteiger partial charge in [-0.3, -0.25) is 4.79 Å². The topological polar surface area (TPSA) is 52.9 Å². The Balaban J connectivity index is 2.85. The third kappa shape index (κ3) is 3.74. The lowest BCUT2D eigenvalue weighted by molar-refractivity contribution is -0.277. The van der Waals surface area contributed by atoms with Crippen LogP contribution in [0.3, 0.4) is 0 Å². The molecule has 1 fully saturated rings. The SMILES string of the molecule is O=C(C(C(F)(F)F)C(F)(F)F)N1CCC(=NO)CC1. The Hall–Kier alpha value is -1.48. The van der Waals surface area contributed by atoms with Gasteiger partial charge in [-0.2, -0.15) is 26.3 Å². The van der Waals surface area contributed by atoms with E-state index in [1.807, 2.05) is 0 Å². The molecule has 0 aliphatic carbocycles. The third-order valence-corrected chi connectivity index (χ3v) is 2.70. The standard InChI is InChI=1S/C9H10F6N2O2/c10-8(11,12)6(9(13,14)15)7(18)17-3-1-5(16-19)2-4-17/h6,19H,1-4H2. The summed E-state index contributed by atoms with van der Waals surface area (Å²) in [6, 6.07) is 0. The van der Waals surface area contributed by atoms with Crippen molar-refractivity contribution < 1.29 is 36.3 Å². The van der Waals surface area contributed by atoms with E-state index >= 15 is 0 Å². The summed E-state index contributed by atoms with van der Waals surface area (Å²) in [4.78, 5) is 11.9. The molecular formula is C9H10F6N2O2. The molecule has 0 spiro atoms. The number of oxime groups is 1. The third-order valence-electron chi connectivity index (χ3n) is 2.70. The number of rotatable bonds is 1. The van der Waals surface area contributed by atoms with Crippen LogP contribution in [0.5, 0.6) is 0 Å². The number of amides is 1. The monoisotopic (exact) mass is 292 g/mol. The van der Waals surface area contributed by atoms with Crippen LogP contribution in [-0.2, 0) is 4.79 Å². The minimum absolute atomic E-state index is 0.0509. The minimum atomic E-state index is -5.68. The highest BCUT2D eigenvalue weighted by Gasteiger charge is 2.62. The van der Waals surface area contributed by atoms with E-state index in [1.165, 1.54) is 0 Å². The van der Waals surface area contributed by atoms with Gasteiger partial charge in [0.25, 0.3) is 0 Å². The summed E-state index contributed by atoms with van der Waals surface area (Å²) in [7, 11) is 0. The van der Waals surface area contributed by atoms with Gasteiger partial charge in [0, 0.05) is 25.9 Å². The van der Waals surface area contributed by atoms with Crippen molar-refractivity contribution in [1.82, 2.24) is 4.90 Å². The van der Waals surface area contributed by atoms with Crippen LogP contribution in [0, 0.1) is 5.92 Å². The maximum absolute atomic E-state index is 12.3. The van der Waals surface area contributed by atoms with Crippen LogP contribution in [-0.4, -0.2) is 47.2 Å². The fraction of sp³-hybridized carbons (Fsp3) is 0.778. The van der Waals surface area contributed by atoms with E-state index in [4.69, 9.17) is 5.21 Å². The lowest BCUT2D eigenvalue weighted by Crippen LogP contribution is -2.51. The highest BCUT2D eigenvalue weighted by Crippen LogP contribution is 2.40. The molecule has 0 aromatic carbocycles. The van der Waals surface area contributed by atoms with Crippen molar-refractivity contribution in [2.75, 3.05) is 13.1 Å². The average Bonchev–Trinajstić information content (AvgIpc) is 2.25. The maximum Gasteiger partial charge on any atom is 0.409 e. The average molecular weight is 292 g/mol. The van der Waals surface area contributed by atoms with Crippen molar-refractivity contribution in [3.63, 3.8) is 0 Å². The van der Waals surface area contributed by atoms with Crippen molar-refractivity contribution in [3.8, 4) is 0 Å². The zero-order valence-corrected chi connectivity index (χ0v) is 9.42. The number of halogens is 6. The molecule has 1 N–H and O–H groups in total. The summed E-state index contributed by atoms with van der Waals surface area (Å²) in [5.41, 5.74) is 0.236. The van der Waals surface area contributed by atoms with Gasteiger partial charge in [0.05, 0.1) is 5.71 Å². The van der Waals surface area contributed by atoms with Crippen molar-refractivity contribution in [2.45, 2.75) is 25.2 Å². The molecule has 10 heteroatoms. The summed E-state index contributed by atoms with van der Waals surface area (Å²) in [6.07, 6.45) is -11.5. The second-order valence-electron chi connectivity index (χ2n) is 4.01. The number of hydrogen-bond acceptors (Lipinski definition) is 3. The molecule has 0 unspecified atom stereocenters. The molecule has 0 atom stereocenters. The first-order chi connectivity index (χ1) is 8.57. The van der Waals surface area contributed by atoms with Crippen molar-refractivity contribution >= 4 is 11.6 Å². The van der Waals surface area contributed by atoms with E-state index in [-0.39, 0.29) is 31.6 Å². The second-order valence-corrected chi connectivity index (χ2v) is 4.01. The molecule has 1 rings (SSSR count). The van der Waals surface area contributed by atoms with E-state index < -0.39 is 24.2 Å². The number of likely N-dealkylation sites (tertiary alicyclic amines) is 1. The Morgan fingerprint density at radius 1 is 1.11 bits per heavy atom. The number of carbonyl (C=O) groups excluding carboxylic acids is 1. The smallest absolute Gasteiger partial charge is 0.409 e. The van der Waals surface area contributed by atoms with Crippen LogP contribution in [0.2, 0.25) is 0 Å². The highest BCUT2D eigenvalue weighted by molar-refractivity contribution is 5.88. The van der Waals surface area contributed by atoms with E-state index in [0.717, 1.165) is 0 Å². The molecule has 4 nitrogen and oxygen atoms in total. The minimum Gasteiger partial charge on any atom is -0.411 e. The zero-order chi connectivity index (χ0) is 14.8. The van der Waals surface area contributed by atoms with Crippen LogP contribution in [0.1, 0.15) is 12.8 Å². The quantitative estimate of drug-likeness (QED) is 0.457. The summed E-state index contributed by atoms with van der Waals surface area (Å²) >= 11 is 0. The number of carbonyl (C=O) groups is 1. The van der Waals surface area contributed by atoms with Gasteiger partial charge in [0.15, 0.2) is 0 Å². The Labute approximate surface area is 103 Å². The summed E-state index contributed by atoms with van der Waals surface area (Å²) in [6.45, 7) is -0.665. The second kappa shape index (κ2) is 5.25. The normalized spacial score (nSPS) is 17.8. The molecule has 1 aliphatic rings. The molecule has 0 radical (unpaired) electrons. The Kier molecular flexibility index (Phi) is 4.31. The summed E-state index contributed by atoms with van der Waals surface area (Å²) in [5, 5.41) is 11.2. The molecule has 0 aromatic rings. The molecule has 0 bridgehead atoms. The van der Waals surface area contributed by atoms with E-state index in [0.29, 0.717) is 4.90 Å². The van der Waals surface area contributed by atoms with Gasteiger partial charge >= 0.3 is 12.4 Å². The summed E-state index contributed by atoms with van der Waals surface area (Å²) < 4.78 is 74.0. The molecular weight excluding hydrogens is 282 g/mol. The van der Waals surface area contributed by atoms with Crippen LogP contribution in [0.4, 0.5) is 26.3 Å². The van der Waals surface area contributed by atoms with E-state index in [2.05, 4.69) is 5.16 Å². The molecule has 1 aliphatic heterocycles. The van der Waals surface area contributed by atoms with Gasteiger partial charge in [-0.15, -0.1) is 0 Å². The lowest BCUT2D eigenvalue weighted by Gasteiger charge is -2.32. The number of alkyl halides is 6. The van der Waals surface area contributed by atoms with Crippen LogP contribution in [0.15, 0.2) is 5.16 Å². The van der Waals surface area contributed by atoms with Crippen LogP contribution in [0.25, 0.3) is 0 Å². The Bertz CT molecular complexity index is 352. The molecule has 19 heavy (non-hydrogen) atoms. The number of hydrogen-bond donors (Lipinski definition) is 1. The molecule has 1 amide bonds. The number of nitrogens with zero attached hydrogens (tertiary/aromatic N) is 2. The van der Waals surface area contributed by atoms with Crippen molar-refractivity contribution in [2.24, 2.45) is 11.1 Å². The zero-order valence-electron chi connectivity index (χ0n) is 9.42. The molecule has 1 heterocycles. The molecule has 110 valence electrons. The lowest BCUT2D eigenvalue weighted by atomic mass is 10.0. The first-order valence-electron chi connectivity index (χ1n) is 5.19. The van der Waals surface area contributed by atoms with E-state index in [9.17, 15) is 31.1 Å². The molecule has 0 saturated carbocycles. The van der Waals surface area contributed by atoms with Crippen molar-refractivity contribution in [1.29, 1.82) is 0 Å². The Morgan fingerprint density at radius 2 is 1.53 bits per heavy atom. The Morgan fingerprint density at radius 3 is 1.84 bits per heavy atom. The molecule has 0 aromatic heterocycles. The van der Waals surface area contributed by atoms with Gasteiger partial charge in [-0.05, 0) is 0 Å².